The molecule has 2 aromatic heterocycles. The largest absolute Gasteiger partial charge is 0.381 e. The highest BCUT2D eigenvalue weighted by Gasteiger charge is 2.35. The van der Waals surface area contributed by atoms with E-state index >= 15 is 0 Å². The SMILES string of the molecule is O=c1cc(-c2nc(C3CCC4COCCC4C3)no2)nc(C2CC2)[nH]1. The first-order chi connectivity index (χ1) is 12.3. The molecule has 0 radical (unpaired) electrons. The molecule has 25 heavy (non-hydrogen) atoms. The minimum absolute atomic E-state index is 0.158. The number of hydrogen-bond acceptors (Lipinski definition) is 6. The Labute approximate surface area is 145 Å². The van der Waals surface area contributed by atoms with Crippen molar-refractivity contribution >= 4 is 0 Å². The monoisotopic (exact) mass is 342 g/mol. The molecule has 0 amide bonds. The van der Waals surface area contributed by atoms with E-state index in [-0.39, 0.29) is 5.56 Å². The summed E-state index contributed by atoms with van der Waals surface area (Å²) in [4.78, 5) is 23.8. The predicted molar refractivity (Wildman–Crippen MR) is 89.1 cm³/mol. The highest BCUT2D eigenvalue weighted by atomic mass is 16.5. The van der Waals surface area contributed by atoms with Gasteiger partial charge in [0, 0.05) is 31.1 Å². The molecular weight excluding hydrogens is 320 g/mol. The molecule has 0 spiro atoms. The van der Waals surface area contributed by atoms with Crippen molar-refractivity contribution in [3.63, 3.8) is 0 Å². The zero-order valence-corrected chi connectivity index (χ0v) is 14.1. The van der Waals surface area contributed by atoms with E-state index in [2.05, 4.69) is 20.1 Å². The molecule has 1 aliphatic heterocycles. The highest BCUT2D eigenvalue weighted by Crippen LogP contribution is 2.42. The Kier molecular flexibility index (Phi) is 3.69. The number of rotatable bonds is 3. The van der Waals surface area contributed by atoms with Gasteiger partial charge in [0.25, 0.3) is 11.4 Å². The van der Waals surface area contributed by atoms with Gasteiger partial charge in [-0.15, -0.1) is 0 Å². The van der Waals surface area contributed by atoms with Crippen molar-refractivity contribution < 1.29 is 9.26 Å². The van der Waals surface area contributed by atoms with E-state index in [0.29, 0.717) is 35.3 Å². The second-order valence-electron chi connectivity index (χ2n) is 7.64. The van der Waals surface area contributed by atoms with Crippen molar-refractivity contribution in [1.82, 2.24) is 20.1 Å². The number of nitrogens with zero attached hydrogens (tertiary/aromatic N) is 3. The van der Waals surface area contributed by atoms with Crippen LogP contribution in [0.15, 0.2) is 15.4 Å². The molecule has 5 rings (SSSR count). The lowest BCUT2D eigenvalue weighted by Crippen LogP contribution is -2.32. The molecule has 3 aliphatic rings. The van der Waals surface area contributed by atoms with Gasteiger partial charge in [-0.2, -0.15) is 4.98 Å². The molecule has 3 unspecified atom stereocenters. The van der Waals surface area contributed by atoms with E-state index in [0.717, 1.165) is 63.4 Å². The van der Waals surface area contributed by atoms with E-state index in [9.17, 15) is 4.79 Å². The van der Waals surface area contributed by atoms with Gasteiger partial charge in [0.1, 0.15) is 11.5 Å². The fourth-order valence-electron chi connectivity index (χ4n) is 4.24. The van der Waals surface area contributed by atoms with Crippen molar-refractivity contribution in [1.29, 1.82) is 0 Å². The molecule has 3 fully saturated rings. The highest BCUT2D eigenvalue weighted by molar-refractivity contribution is 5.45. The summed E-state index contributed by atoms with van der Waals surface area (Å²) in [7, 11) is 0. The number of nitrogens with one attached hydrogen (secondary N) is 1. The zero-order valence-electron chi connectivity index (χ0n) is 14.1. The third kappa shape index (κ3) is 3.01. The smallest absolute Gasteiger partial charge is 0.276 e. The fraction of sp³-hybridized carbons (Fsp3) is 0.667. The Morgan fingerprint density at radius 2 is 1.92 bits per heavy atom. The second kappa shape index (κ2) is 6.05. The van der Waals surface area contributed by atoms with E-state index in [1.54, 1.807) is 0 Å². The van der Waals surface area contributed by atoms with Gasteiger partial charge in [-0.1, -0.05) is 5.16 Å². The average Bonchev–Trinajstić information content (AvgIpc) is 3.37. The molecule has 132 valence electrons. The first-order valence-corrected chi connectivity index (χ1v) is 9.29. The Hall–Kier alpha value is -2.02. The van der Waals surface area contributed by atoms with Crippen LogP contribution in [0.2, 0.25) is 0 Å². The number of ether oxygens (including phenoxy) is 1. The van der Waals surface area contributed by atoms with E-state index in [1.165, 1.54) is 6.07 Å². The molecule has 2 aliphatic carbocycles. The van der Waals surface area contributed by atoms with Crippen molar-refractivity contribution in [2.45, 2.75) is 50.4 Å². The van der Waals surface area contributed by atoms with Crippen LogP contribution in [0.5, 0.6) is 0 Å². The van der Waals surface area contributed by atoms with Crippen LogP contribution in [0.25, 0.3) is 11.6 Å². The third-order valence-corrected chi connectivity index (χ3v) is 5.85. The van der Waals surface area contributed by atoms with Gasteiger partial charge in [-0.3, -0.25) is 4.79 Å². The molecule has 7 nitrogen and oxygen atoms in total. The number of aromatic amines is 1. The minimum atomic E-state index is -0.158. The van der Waals surface area contributed by atoms with Crippen molar-refractivity contribution in [2.75, 3.05) is 13.2 Å². The summed E-state index contributed by atoms with van der Waals surface area (Å²) in [5.41, 5.74) is 0.332. The quantitative estimate of drug-likeness (QED) is 0.921. The molecule has 0 aromatic carbocycles. The van der Waals surface area contributed by atoms with Gasteiger partial charge in [0.15, 0.2) is 5.82 Å². The van der Waals surface area contributed by atoms with Gasteiger partial charge in [0.05, 0.1) is 0 Å². The lowest BCUT2D eigenvalue weighted by Gasteiger charge is -2.38. The Bertz CT molecular complexity index is 826. The van der Waals surface area contributed by atoms with Crippen molar-refractivity contribution in [3.8, 4) is 11.6 Å². The summed E-state index contributed by atoms with van der Waals surface area (Å²) in [6.45, 7) is 1.77. The lowest BCUT2D eigenvalue weighted by atomic mass is 9.72. The van der Waals surface area contributed by atoms with Crippen LogP contribution in [0, 0.1) is 11.8 Å². The maximum Gasteiger partial charge on any atom is 0.276 e. The fourth-order valence-corrected chi connectivity index (χ4v) is 4.24. The van der Waals surface area contributed by atoms with Crippen molar-refractivity contribution in [2.24, 2.45) is 11.8 Å². The Balaban J connectivity index is 1.37. The van der Waals surface area contributed by atoms with Crippen LogP contribution in [0.4, 0.5) is 0 Å². The molecule has 7 heteroatoms. The number of fused-ring (bicyclic) bond motifs is 1. The van der Waals surface area contributed by atoms with Crippen LogP contribution in [-0.2, 0) is 4.74 Å². The van der Waals surface area contributed by atoms with Gasteiger partial charge < -0.3 is 14.2 Å². The summed E-state index contributed by atoms with van der Waals surface area (Å²) >= 11 is 0. The topological polar surface area (TPSA) is 93.9 Å². The van der Waals surface area contributed by atoms with Crippen LogP contribution in [0.3, 0.4) is 0 Å². The average molecular weight is 342 g/mol. The lowest BCUT2D eigenvalue weighted by molar-refractivity contribution is -0.00633. The maximum absolute atomic E-state index is 11.9. The summed E-state index contributed by atoms with van der Waals surface area (Å²) in [5, 5.41) is 4.20. The standard InChI is InChI=1S/C18H22N4O3/c23-15-8-14(19-16(20-15)10-1-2-10)18-21-17(22-25-18)12-3-4-13-9-24-6-5-11(13)7-12/h8,10-13H,1-7,9H2,(H,19,20,23). The van der Waals surface area contributed by atoms with Crippen LogP contribution < -0.4 is 5.56 Å². The maximum atomic E-state index is 11.9. The molecule has 1 saturated heterocycles. The normalized spacial score (nSPS) is 29.4. The van der Waals surface area contributed by atoms with Gasteiger partial charge in [-0.25, -0.2) is 4.98 Å². The van der Waals surface area contributed by atoms with Crippen LogP contribution in [-0.4, -0.2) is 33.3 Å². The summed E-state index contributed by atoms with van der Waals surface area (Å²) in [6.07, 6.45) is 6.62. The molecule has 2 saturated carbocycles. The third-order valence-electron chi connectivity index (χ3n) is 5.85. The zero-order chi connectivity index (χ0) is 16.8. The van der Waals surface area contributed by atoms with Crippen LogP contribution >= 0.6 is 0 Å². The van der Waals surface area contributed by atoms with Gasteiger partial charge >= 0.3 is 0 Å². The second-order valence-corrected chi connectivity index (χ2v) is 7.64. The molecule has 3 heterocycles. The van der Waals surface area contributed by atoms with Gasteiger partial charge in [0.2, 0.25) is 0 Å². The Morgan fingerprint density at radius 3 is 2.80 bits per heavy atom. The minimum Gasteiger partial charge on any atom is -0.381 e. The van der Waals surface area contributed by atoms with Crippen LogP contribution in [0.1, 0.15) is 62.0 Å². The molecule has 1 N–H and O–H groups in total. The Morgan fingerprint density at radius 1 is 1.04 bits per heavy atom. The molecule has 3 atom stereocenters. The first kappa shape index (κ1) is 15.3. The molecular formula is C18H22N4O3. The summed E-state index contributed by atoms with van der Waals surface area (Å²) in [5.74, 6) is 3.96. The predicted octanol–water partition coefficient (Wildman–Crippen LogP) is 2.62. The van der Waals surface area contributed by atoms with E-state index in [1.807, 2.05) is 0 Å². The summed E-state index contributed by atoms with van der Waals surface area (Å²) < 4.78 is 11.0. The number of aromatic nitrogens is 4. The van der Waals surface area contributed by atoms with E-state index in [4.69, 9.17) is 9.26 Å². The van der Waals surface area contributed by atoms with Gasteiger partial charge in [-0.05, 0) is 50.4 Å². The van der Waals surface area contributed by atoms with E-state index < -0.39 is 0 Å². The number of hydrogen-bond donors (Lipinski definition) is 1. The summed E-state index contributed by atoms with van der Waals surface area (Å²) in [6, 6.07) is 1.44. The first-order valence-electron chi connectivity index (χ1n) is 9.29. The van der Waals surface area contributed by atoms with Crippen molar-refractivity contribution in [3.05, 3.63) is 28.1 Å². The molecule has 2 aromatic rings. The number of H-pyrrole nitrogens is 1. The molecule has 0 bridgehead atoms.